The third kappa shape index (κ3) is 5.88. The molecular weight excluding hydrogens is 179 g/mol. The summed E-state index contributed by atoms with van der Waals surface area (Å²) in [7, 11) is 0. The molecule has 0 aliphatic heterocycles. The Morgan fingerprint density at radius 3 is 1.36 bits per heavy atom. The Balaban J connectivity index is 0.000000167. The van der Waals surface area contributed by atoms with Crippen molar-refractivity contribution in [2.45, 2.75) is 12.8 Å². The Morgan fingerprint density at radius 2 is 1.27 bits per heavy atom. The van der Waals surface area contributed by atoms with Crippen LogP contribution in [0.5, 0.6) is 0 Å². The van der Waals surface area contributed by atoms with Gasteiger partial charge in [0.15, 0.2) is 0 Å². The Morgan fingerprint density at radius 1 is 0.818 bits per heavy atom. The second-order valence-corrected chi connectivity index (χ2v) is 2.01. The largest absolute Gasteiger partial charge is 2.00 e. The maximum atomic E-state index is 2.99. The molecule has 1 heteroatoms. The Hall–Kier alpha value is -0.546. The van der Waals surface area contributed by atoms with Gasteiger partial charge in [0.1, 0.15) is 0 Å². The molecule has 0 heterocycles. The third-order valence-electron chi connectivity index (χ3n) is 1.17. The van der Waals surface area contributed by atoms with Gasteiger partial charge in [0.25, 0.3) is 0 Å². The minimum Gasteiger partial charge on any atom is -0.273 e. The van der Waals surface area contributed by atoms with E-state index in [9.17, 15) is 0 Å². The van der Waals surface area contributed by atoms with E-state index in [0.29, 0.717) is 0 Å². The summed E-state index contributed by atoms with van der Waals surface area (Å²) in [6, 6.07) is 0. The van der Waals surface area contributed by atoms with Gasteiger partial charge in [-0.25, -0.2) is 24.3 Å². The van der Waals surface area contributed by atoms with Crippen molar-refractivity contribution in [3.8, 4) is 0 Å². The van der Waals surface area contributed by atoms with Crippen LogP contribution in [-0.2, 0) is 16.5 Å². The smallest absolute Gasteiger partial charge is 0.273 e. The summed E-state index contributed by atoms with van der Waals surface area (Å²) in [6.07, 6.45) is 20.0. The molecule has 0 radical (unpaired) electrons. The molecule has 0 amide bonds. The van der Waals surface area contributed by atoms with Crippen molar-refractivity contribution in [1.82, 2.24) is 0 Å². The van der Waals surface area contributed by atoms with E-state index in [1.807, 2.05) is 24.3 Å². The van der Waals surface area contributed by atoms with Crippen LogP contribution in [0, 0.1) is 12.2 Å². The van der Waals surface area contributed by atoms with Crippen molar-refractivity contribution >= 4 is 0 Å². The van der Waals surface area contributed by atoms with Gasteiger partial charge in [0.05, 0.1) is 0 Å². The van der Waals surface area contributed by atoms with Crippen molar-refractivity contribution in [1.29, 1.82) is 0 Å². The van der Waals surface area contributed by atoms with Gasteiger partial charge in [-0.3, -0.25) is 12.2 Å². The summed E-state index contributed by atoms with van der Waals surface area (Å²) in [4.78, 5) is 0. The van der Waals surface area contributed by atoms with Crippen LogP contribution in [0.1, 0.15) is 12.8 Å². The van der Waals surface area contributed by atoms with E-state index in [1.165, 1.54) is 0 Å². The van der Waals surface area contributed by atoms with E-state index in [-0.39, 0.29) is 16.5 Å². The molecule has 0 aromatic carbocycles. The second kappa shape index (κ2) is 7.56. The molecule has 2 rings (SSSR count). The number of rotatable bonds is 0. The Kier molecular flexibility index (Phi) is 7.18. The monoisotopic (exact) mass is 188 g/mol. The minimum absolute atomic E-state index is 0. The van der Waals surface area contributed by atoms with Crippen LogP contribution in [0.15, 0.2) is 36.5 Å². The van der Waals surface area contributed by atoms with Crippen molar-refractivity contribution in [2.24, 2.45) is 0 Å². The molecule has 0 aromatic heterocycles. The molecule has 0 spiro atoms. The zero-order valence-corrected chi connectivity index (χ0v) is 7.18. The van der Waals surface area contributed by atoms with E-state index < -0.39 is 0 Å². The summed E-state index contributed by atoms with van der Waals surface area (Å²) in [6.45, 7) is 0. The average Bonchev–Trinajstić information content (AvgIpc) is 2.67. The normalized spacial score (nSPS) is 16.0. The van der Waals surface area contributed by atoms with Gasteiger partial charge in [-0.05, 0) is 0 Å². The quantitative estimate of drug-likeness (QED) is 0.405. The van der Waals surface area contributed by atoms with Gasteiger partial charge in [-0.15, -0.1) is 12.8 Å². The average molecular weight is 189 g/mol. The minimum atomic E-state index is 0. The fourth-order valence-electron chi connectivity index (χ4n) is 0.680. The molecular formula is C10H10Ni. The molecule has 0 bridgehead atoms. The topological polar surface area (TPSA) is 0 Å². The van der Waals surface area contributed by atoms with Crippen LogP contribution >= 0.6 is 0 Å². The van der Waals surface area contributed by atoms with Crippen LogP contribution in [0.2, 0.25) is 0 Å². The molecule has 0 N–H and O–H groups in total. The van der Waals surface area contributed by atoms with E-state index >= 15 is 0 Å². The van der Waals surface area contributed by atoms with Crippen LogP contribution in [0.3, 0.4) is 0 Å². The maximum Gasteiger partial charge on any atom is 2.00 e. The SMILES string of the molecule is [C-]1=CC=CC1.[C-]1=CC=CC1.[Ni+2]. The van der Waals surface area contributed by atoms with E-state index in [0.717, 1.165) is 12.8 Å². The zero-order valence-electron chi connectivity index (χ0n) is 6.19. The molecule has 0 nitrogen and oxygen atoms in total. The van der Waals surface area contributed by atoms with E-state index in [4.69, 9.17) is 0 Å². The number of hydrogen-bond donors (Lipinski definition) is 0. The predicted octanol–water partition coefficient (Wildman–Crippen LogP) is 2.61. The molecule has 0 atom stereocenters. The van der Waals surface area contributed by atoms with Crippen molar-refractivity contribution in [3.05, 3.63) is 48.6 Å². The van der Waals surface area contributed by atoms with Crippen molar-refractivity contribution < 1.29 is 16.5 Å². The standard InChI is InChI=1S/2C5H5.Ni/c2*1-2-4-5-3-1;/h2*1-3H,4H2;/q2*-1;+2. The van der Waals surface area contributed by atoms with Gasteiger partial charge < -0.3 is 0 Å². The number of allylic oxidation sites excluding steroid dienone is 8. The van der Waals surface area contributed by atoms with E-state index in [2.05, 4.69) is 24.3 Å². The second-order valence-electron chi connectivity index (χ2n) is 2.01. The van der Waals surface area contributed by atoms with Gasteiger partial charge in [-0.2, -0.15) is 12.2 Å². The summed E-state index contributed by atoms with van der Waals surface area (Å²) in [5, 5.41) is 0. The summed E-state index contributed by atoms with van der Waals surface area (Å²) < 4.78 is 0. The first kappa shape index (κ1) is 10.5. The van der Waals surface area contributed by atoms with Gasteiger partial charge in [-0.1, -0.05) is 0 Å². The molecule has 0 saturated heterocycles. The maximum absolute atomic E-state index is 2.99. The third-order valence-corrected chi connectivity index (χ3v) is 1.17. The summed E-state index contributed by atoms with van der Waals surface area (Å²) in [5.41, 5.74) is 0. The molecule has 11 heavy (non-hydrogen) atoms. The fraction of sp³-hybridized carbons (Fsp3) is 0.200. The zero-order chi connectivity index (χ0) is 7.07. The first-order valence-corrected chi connectivity index (χ1v) is 3.43. The first-order valence-electron chi connectivity index (χ1n) is 3.43. The predicted molar refractivity (Wildman–Crippen MR) is 43.1 cm³/mol. The Bertz CT molecular complexity index is 143. The van der Waals surface area contributed by atoms with Crippen molar-refractivity contribution in [3.63, 3.8) is 0 Å². The van der Waals surface area contributed by atoms with Gasteiger partial charge in [0.2, 0.25) is 0 Å². The van der Waals surface area contributed by atoms with Gasteiger partial charge >= 0.3 is 16.5 Å². The fourth-order valence-corrected chi connectivity index (χ4v) is 0.680. The molecule has 60 valence electrons. The van der Waals surface area contributed by atoms with Crippen LogP contribution < -0.4 is 0 Å². The van der Waals surface area contributed by atoms with Crippen LogP contribution in [0.25, 0.3) is 0 Å². The van der Waals surface area contributed by atoms with E-state index in [1.54, 1.807) is 0 Å². The van der Waals surface area contributed by atoms with Crippen LogP contribution in [0.4, 0.5) is 0 Å². The molecule has 0 unspecified atom stereocenters. The number of hydrogen-bond acceptors (Lipinski definition) is 0. The Labute approximate surface area is 78.3 Å². The summed E-state index contributed by atoms with van der Waals surface area (Å²) >= 11 is 0. The molecule has 2 aliphatic carbocycles. The molecule has 2 aliphatic rings. The summed E-state index contributed by atoms with van der Waals surface area (Å²) in [5.74, 6) is 0. The molecule has 0 saturated carbocycles. The first-order chi connectivity index (χ1) is 5.00. The molecule has 0 fully saturated rings. The van der Waals surface area contributed by atoms with Crippen molar-refractivity contribution in [2.75, 3.05) is 0 Å². The van der Waals surface area contributed by atoms with Crippen LogP contribution in [-0.4, -0.2) is 0 Å². The molecule has 0 aromatic rings. The van der Waals surface area contributed by atoms with Gasteiger partial charge in [0, 0.05) is 0 Å².